The van der Waals surface area contributed by atoms with Crippen molar-refractivity contribution in [2.75, 3.05) is 42.9 Å². The van der Waals surface area contributed by atoms with E-state index in [1.165, 1.54) is 17.3 Å². The molecule has 1 atom stereocenters. The first-order chi connectivity index (χ1) is 18.8. The number of aryl methyl sites for hydroxylation is 2. The highest BCUT2D eigenvalue weighted by atomic mass is 19.1. The first-order valence-electron chi connectivity index (χ1n) is 14.1. The zero-order valence-corrected chi connectivity index (χ0v) is 23.5. The lowest BCUT2D eigenvalue weighted by molar-refractivity contribution is 0.271. The van der Waals surface area contributed by atoms with Crippen LogP contribution in [-0.4, -0.2) is 48.4 Å². The van der Waals surface area contributed by atoms with E-state index in [1.54, 1.807) is 6.07 Å². The van der Waals surface area contributed by atoms with Crippen molar-refractivity contribution in [2.45, 2.75) is 47.0 Å². The van der Waals surface area contributed by atoms with Gasteiger partial charge in [-0.05, 0) is 93.1 Å². The molecule has 206 valence electrons. The number of likely N-dealkylation sites (N-methyl/N-ethyl adjacent to an activating group) is 1. The summed E-state index contributed by atoms with van der Waals surface area (Å²) in [6.45, 7) is 13.7. The van der Waals surface area contributed by atoms with Gasteiger partial charge in [-0.25, -0.2) is 13.8 Å². The Bertz CT molecular complexity index is 1410. The fraction of sp³-hybridized carbons (Fsp3) is 0.406. The number of piperazine rings is 1. The minimum absolute atomic E-state index is 0.237. The fourth-order valence-electron chi connectivity index (χ4n) is 5.79. The Morgan fingerprint density at radius 3 is 2.49 bits per heavy atom. The molecular formula is C32H39F2N5. The number of nitrogens with zero attached hydrogens (tertiary/aromatic N) is 3. The van der Waals surface area contributed by atoms with Crippen LogP contribution in [0.1, 0.15) is 44.9 Å². The number of aliphatic imine (C=N–C) groups is 1. The quantitative estimate of drug-likeness (QED) is 0.353. The van der Waals surface area contributed by atoms with Crippen LogP contribution in [-0.2, 0) is 6.42 Å². The van der Waals surface area contributed by atoms with Gasteiger partial charge in [0.15, 0.2) is 0 Å². The van der Waals surface area contributed by atoms with E-state index in [2.05, 4.69) is 71.2 Å². The molecule has 0 saturated carbocycles. The summed E-state index contributed by atoms with van der Waals surface area (Å²) in [5.74, 6) is 0.313. The second-order valence-corrected chi connectivity index (χ2v) is 10.8. The average Bonchev–Trinajstić information content (AvgIpc) is 3.35. The normalized spacial score (nSPS) is 22.9. The molecule has 2 aliphatic rings. The lowest BCUT2D eigenvalue weighted by atomic mass is 9.87. The van der Waals surface area contributed by atoms with Crippen molar-refractivity contribution in [1.82, 2.24) is 9.88 Å². The van der Waals surface area contributed by atoms with Gasteiger partial charge in [0, 0.05) is 54.8 Å². The van der Waals surface area contributed by atoms with Crippen LogP contribution in [0.4, 0.5) is 20.2 Å². The number of fused-ring (bicyclic) bond motifs is 1. The molecule has 5 rings (SSSR count). The summed E-state index contributed by atoms with van der Waals surface area (Å²) in [6, 6.07) is 11.6. The second-order valence-electron chi connectivity index (χ2n) is 10.8. The summed E-state index contributed by atoms with van der Waals surface area (Å²) in [5.41, 5.74) is 5.88. The Hall–Kier alpha value is -3.45. The highest BCUT2D eigenvalue weighted by Gasteiger charge is 2.20. The smallest absolute Gasteiger partial charge is 0.147 e. The first kappa shape index (κ1) is 27.1. The minimum Gasteiger partial charge on any atom is -0.369 e. The SMILES string of the molecule is CCN1CCN(c2ccc(NC3=N/C=C/CC(C)/C(CCc4cc(F)c5[nH]c(C)cc5c4F)=C\3C)cc2)CC1. The minimum atomic E-state index is -0.409. The molecule has 1 unspecified atom stereocenters. The number of nitrogens with one attached hydrogen (secondary N) is 2. The van der Waals surface area contributed by atoms with E-state index in [1.807, 2.05) is 13.1 Å². The van der Waals surface area contributed by atoms with Gasteiger partial charge in [0.1, 0.15) is 17.5 Å². The molecule has 39 heavy (non-hydrogen) atoms. The van der Waals surface area contributed by atoms with Crippen LogP contribution in [0, 0.1) is 24.5 Å². The maximum absolute atomic E-state index is 15.3. The standard InChI is InChI=1S/C32H39F2N5/c1-5-38-15-17-39(18-16-38)26-11-9-25(10-12-26)37-32-23(4)27(21(2)7-6-14-35-32)13-8-24-20-29(33)31-28(30(24)34)19-22(3)36-31/h6,9-12,14,19-21,36H,5,7-8,13,15-18H2,1-4H3,(H,35,37)/b14-6+,27-23-. The zero-order chi connectivity index (χ0) is 27.5. The van der Waals surface area contributed by atoms with Crippen LogP contribution in [0.3, 0.4) is 0 Å². The molecule has 0 bridgehead atoms. The van der Waals surface area contributed by atoms with E-state index >= 15 is 4.39 Å². The van der Waals surface area contributed by atoms with Crippen molar-refractivity contribution < 1.29 is 8.78 Å². The topological polar surface area (TPSA) is 46.7 Å². The number of aromatic nitrogens is 1. The number of rotatable bonds is 6. The molecule has 2 aromatic carbocycles. The number of amidine groups is 1. The van der Waals surface area contributed by atoms with Crippen molar-refractivity contribution in [3.63, 3.8) is 0 Å². The van der Waals surface area contributed by atoms with Gasteiger partial charge >= 0.3 is 0 Å². The molecular weight excluding hydrogens is 492 g/mol. The monoisotopic (exact) mass is 531 g/mol. The number of anilines is 2. The number of hydrogen-bond donors (Lipinski definition) is 2. The molecule has 2 aliphatic heterocycles. The molecule has 0 spiro atoms. The predicted molar refractivity (Wildman–Crippen MR) is 159 cm³/mol. The van der Waals surface area contributed by atoms with Crippen LogP contribution in [0.25, 0.3) is 10.9 Å². The molecule has 0 aliphatic carbocycles. The van der Waals surface area contributed by atoms with E-state index < -0.39 is 5.82 Å². The van der Waals surface area contributed by atoms with Gasteiger partial charge in [-0.3, -0.25) is 0 Å². The molecule has 3 heterocycles. The maximum atomic E-state index is 15.3. The van der Waals surface area contributed by atoms with Crippen molar-refractivity contribution in [1.29, 1.82) is 0 Å². The third kappa shape index (κ3) is 5.93. The van der Waals surface area contributed by atoms with Gasteiger partial charge in [0.05, 0.1) is 5.52 Å². The summed E-state index contributed by atoms with van der Waals surface area (Å²) in [7, 11) is 0. The van der Waals surface area contributed by atoms with Gasteiger partial charge in [-0.2, -0.15) is 0 Å². The molecule has 2 N–H and O–H groups in total. The molecule has 0 amide bonds. The van der Waals surface area contributed by atoms with E-state index in [0.717, 1.165) is 61.9 Å². The zero-order valence-electron chi connectivity index (χ0n) is 23.5. The number of benzene rings is 2. The lowest BCUT2D eigenvalue weighted by Crippen LogP contribution is -2.46. The Balaban J connectivity index is 1.33. The van der Waals surface area contributed by atoms with Crippen LogP contribution in [0.2, 0.25) is 0 Å². The Morgan fingerprint density at radius 2 is 1.77 bits per heavy atom. The first-order valence-corrected chi connectivity index (χ1v) is 14.1. The van der Waals surface area contributed by atoms with Crippen LogP contribution < -0.4 is 10.2 Å². The number of hydrogen-bond acceptors (Lipinski definition) is 4. The fourth-order valence-corrected chi connectivity index (χ4v) is 5.79. The molecule has 1 aromatic heterocycles. The Morgan fingerprint density at radius 1 is 1.03 bits per heavy atom. The number of halogens is 2. The van der Waals surface area contributed by atoms with E-state index in [0.29, 0.717) is 23.8 Å². The summed E-state index contributed by atoms with van der Waals surface area (Å²) in [5, 5.41) is 3.84. The van der Waals surface area contributed by atoms with Crippen molar-refractivity contribution >= 4 is 28.1 Å². The third-order valence-corrected chi connectivity index (χ3v) is 8.22. The highest BCUT2D eigenvalue weighted by molar-refractivity contribution is 6.08. The van der Waals surface area contributed by atoms with Crippen LogP contribution in [0.5, 0.6) is 0 Å². The molecule has 5 nitrogen and oxygen atoms in total. The van der Waals surface area contributed by atoms with Gasteiger partial charge in [0.2, 0.25) is 0 Å². The molecule has 7 heteroatoms. The largest absolute Gasteiger partial charge is 0.369 e. The maximum Gasteiger partial charge on any atom is 0.147 e. The Kier molecular flexibility index (Phi) is 8.17. The lowest BCUT2D eigenvalue weighted by Gasteiger charge is -2.35. The highest BCUT2D eigenvalue weighted by Crippen LogP contribution is 2.31. The van der Waals surface area contributed by atoms with E-state index in [-0.39, 0.29) is 17.3 Å². The van der Waals surface area contributed by atoms with Gasteiger partial charge in [0.25, 0.3) is 0 Å². The van der Waals surface area contributed by atoms with Crippen molar-refractivity contribution in [3.05, 3.63) is 82.7 Å². The molecule has 0 radical (unpaired) electrons. The van der Waals surface area contributed by atoms with E-state index in [4.69, 9.17) is 4.99 Å². The van der Waals surface area contributed by atoms with Gasteiger partial charge in [-0.15, -0.1) is 0 Å². The van der Waals surface area contributed by atoms with Crippen LogP contribution >= 0.6 is 0 Å². The summed E-state index contributed by atoms with van der Waals surface area (Å²) in [6.07, 6.45) is 5.85. The van der Waals surface area contributed by atoms with Crippen LogP contribution in [0.15, 0.2) is 64.8 Å². The molecule has 1 fully saturated rings. The number of aromatic amines is 1. The van der Waals surface area contributed by atoms with E-state index in [9.17, 15) is 4.39 Å². The summed E-state index contributed by atoms with van der Waals surface area (Å²) < 4.78 is 30.0. The molecule has 3 aromatic rings. The predicted octanol–water partition coefficient (Wildman–Crippen LogP) is 7.21. The van der Waals surface area contributed by atoms with Crippen molar-refractivity contribution in [2.24, 2.45) is 10.9 Å². The summed E-state index contributed by atoms with van der Waals surface area (Å²) >= 11 is 0. The number of H-pyrrole nitrogens is 1. The average molecular weight is 532 g/mol. The number of allylic oxidation sites excluding steroid dienone is 2. The second kappa shape index (κ2) is 11.7. The third-order valence-electron chi connectivity index (χ3n) is 8.22. The molecule has 1 saturated heterocycles. The van der Waals surface area contributed by atoms with Crippen molar-refractivity contribution in [3.8, 4) is 0 Å². The van der Waals surface area contributed by atoms with Gasteiger partial charge < -0.3 is 20.1 Å². The Labute approximate surface area is 230 Å². The summed E-state index contributed by atoms with van der Waals surface area (Å²) in [4.78, 5) is 12.6. The van der Waals surface area contributed by atoms with Gasteiger partial charge in [-0.1, -0.05) is 25.5 Å².